The molecule has 0 saturated heterocycles. The first-order valence-corrected chi connectivity index (χ1v) is 10.4. The molecule has 0 aromatic heterocycles. The molecule has 0 saturated carbocycles. The molecule has 23 heavy (non-hydrogen) atoms. The predicted octanol–water partition coefficient (Wildman–Crippen LogP) is 7.06. The molecule has 2 nitrogen and oxygen atoms in total. The number of rotatable bonds is 17. The van der Waals surface area contributed by atoms with Crippen molar-refractivity contribution in [2.45, 2.75) is 117 Å². The molecule has 0 spiro atoms. The summed E-state index contributed by atoms with van der Waals surface area (Å²) in [4.78, 5) is 11.9. The molecular formula is C21H42O2. The van der Waals surface area contributed by atoms with Gasteiger partial charge in [0.1, 0.15) is 0 Å². The third-order valence-electron chi connectivity index (χ3n) is 4.64. The fourth-order valence-electron chi connectivity index (χ4n) is 2.90. The van der Waals surface area contributed by atoms with Crippen LogP contribution in [-0.2, 0) is 9.53 Å². The molecule has 1 unspecified atom stereocenters. The molecule has 0 radical (unpaired) electrons. The molecular weight excluding hydrogens is 284 g/mol. The van der Waals surface area contributed by atoms with Crippen LogP contribution in [0.1, 0.15) is 117 Å². The first-order valence-electron chi connectivity index (χ1n) is 10.4. The van der Waals surface area contributed by atoms with Gasteiger partial charge >= 0.3 is 5.97 Å². The van der Waals surface area contributed by atoms with Crippen LogP contribution in [0.15, 0.2) is 0 Å². The molecule has 0 rings (SSSR count). The highest BCUT2D eigenvalue weighted by molar-refractivity contribution is 5.71. The van der Waals surface area contributed by atoms with Crippen molar-refractivity contribution in [2.24, 2.45) is 5.92 Å². The summed E-state index contributed by atoms with van der Waals surface area (Å²) in [7, 11) is 0. The summed E-state index contributed by atoms with van der Waals surface area (Å²) in [6, 6.07) is 0. The van der Waals surface area contributed by atoms with Gasteiger partial charge in [0, 0.05) is 0 Å². The Morgan fingerprint density at radius 1 is 0.696 bits per heavy atom. The van der Waals surface area contributed by atoms with Crippen molar-refractivity contribution in [1.29, 1.82) is 0 Å². The van der Waals surface area contributed by atoms with Crippen molar-refractivity contribution < 1.29 is 9.53 Å². The van der Waals surface area contributed by atoms with E-state index in [1.165, 1.54) is 77.0 Å². The second-order valence-corrected chi connectivity index (χ2v) is 7.10. The largest absolute Gasteiger partial charge is 0.465 e. The zero-order valence-electron chi connectivity index (χ0n) is 16.2. The number of esters is 1. The quantitative estimate of drug-likeness (QED) is 0.211. The maximum Gasteiger partial charge on any atom is 0.308 e. The lowest BCUT2D eigenvalue weighted by Crippen LogP contribution is -2.15. The Morgan fingerprint density at radius 3 is 1.65 bits per heavy atom. The summed E-state index contributed by atoms with van der Waals surface area (Å²) in [6.45, 7) is 7.12. The summed E-state index contributed by atoms with van der Waals surface area (Å²) in [5, 5.41) is 0. The van der Waals surface area contributed by atoms with Gasteiger partial charge in [0.2, 0.25) is 0 Å². The lowest BCUT2D eigenvalue weighted by molar-refractivity contribution is -0.148. The highest BCUT2D eigenvalue weighted by Gasteiger charge is 2.13. The fourth-order valence-corrected chi connectivity index (χ4v) is 2.90. The number of carbonyl (C=O) groups excluding carboxylic acids is 1. The van der Waals surface area contributed by atoms with Crippen LogP contribution in [0, 0.1) is 5.92 Å². The van der Waals surface area contributed by atoms with E-state index in [4.69, 9.17) is 4.74 Å². The van der Waals surface area contributed by atoms with Crippen LogP contribution in [0.5, 0.6) is 0 Å². The molecule has 1 atom stereocenters. The van der Waals surface area contributed by atoms with Gasteiger partial charge in [-0.15, -0.1) is 0 Å². The molecule has 0 aliphatic heterocycles. The third-order valence-corrected chi connectivity index (χ3v) is 4.64. The topological polar surface area (TPSA) is 26.3 Å². The Morgan fingerprint density at radius 2 is 1.13 bits per heavy atom. The molecule has 0 heterocycles. The summed E-state index contributed by atoms with van der Waals surface area (Å²) in [5.74, 6) is 0.0928. The van der Waals surface area contributed by atoms with Crippen molar-refractivity contribution in [3.05, 3.63) is 0 Å². The van der Waals surface area contributed by atoms with Crippen LogP contribution >= 0.6 is 0 Å². The maximum absolute atomic E-state index is 11.9. The monoisotopic (exact) mass is 326 g/mol. The lowest BCUT2D eigenvalue weighted by Gasteiger charge is -2.11. The molecule has 0 aliphatic carbocycles. The van der Waals surface area contributed by atoms with Gasteiger partial charge in [0.15, 0.2) is 0 Å². The first-order chi connectivity index (χ1) is 11.2. The number of carbonyl (C=O) groups is 1. The average Bonchev–Trinajstić information content (AvgIpc) is 2.56. The van der Waals surface area contributed by atoms with Gasteiger partial charge in [0.05, 0.1) is 12.5 Å². The van der Waals surface area contributed by atoms with Gasteiger partial charge in [-0.1, -0.05) is 104 Å². The van der Waals surface area contributed by atoms with Gasteiger partial charge in [-0.25, -0.2) is 0 Å². The van der Waals surface area contributed by atoms with Crippen LogP contribution in [0.4, 0.5) is 0 Å². The van der Waals surface area contributed by atoms with E-state index in [0.717, 1.165) is 19.3 Å². The predicted molar refractivity (Wildman–Crippen MR) is 101 cm³/mol. The minimum atomic E-state index is 0.0139. The zero-order valence-corrected chi connectivity index (χ0v) is 16.2. The van der Waals surface area contributed by atoms with E-state index in [-0.39, 0.29) is 11.9 Å². The van der Waals surface area contributed by atoms with Crippen LogP contribution in [0.25, 0.3) is 0 Å². The highest BCUT2D eigenvalue weighted by atomic mass is 16.5. The number of unbranched alkanes of at least 4 members (excludes halogenated alkanes) is 12. The summed E-state index contributed by atoms with van der Waals surface area (Å²) in [6.07, 6.45) is 19.0. The van der Waals surface area contributed by atoms with Crippen LogP contribution in [0.2, 0.25) is 0 Å². The Hall–Kier alpha value is -0.530. The lowest BCUT2D eigenvalue weighted by atomic mass is 10.0. The van der Waals surface area contributed by atoms with Gasteiger partial charge in [0.25, 0.3) is 0 Å². The van der Waals surface area contributed by atoms with Crippen molar-refractivity contribution in [3.63, 3.8) is 0 Å². The smallest absolute Gasteiger partial charge is 0.308 e. The molecule has 0 bridgehead atoms. The van der Waals surface area contributed by atoms with E-state index < -0.39 is 0 Å². The average molecular weight is 327 g/mol. The van der Waals surface area contributed by atoms with E-state index in [0.29, 0.717) is 6.61 Å². The molecule has 0 fully saturated rings. The van der Waals surface area contributed by atoms with E-state index in [2.05, 4.69) is 13.8 Å². The van der Waals surface area contributed by atoms with Gasteiger partial charge in [-0.2, -0.15) is 0 Å². The van der Waals surface area contributed by atoms with Gasteiger partial charge < -0.3 is 4.74 Å². The molecule has 2 heteroatoms. The van der Waals surface area contributed by atoms with Gasteiger partial charge in [-0.05, 0) is 12.8 Å². The van der Waals surface area contributed by atoms with Crippen molar-refractivity contribution in [3.8, 4) is 0 Å². The zero-order chi connectivity index (χ0) is 17.2. The second kappa shape index (κ2) is 17.8. The van der Waals surface area contributed by atoms with E-state index in [1.54, 1.807) is 0 Å². The van der Waals surface area contributed by atoms with Crippen LogP contribution in [-0.4, -0.2) is 12.6 Å². The Labute approximate surface area is 145 Å². The van der Waals surface area contributed by atoms with Crippen LogP contribution in [0.3, 0.4) is 0 Å². The van der Waals surface area contributed by atoms with Crippen molar-refractivity contribution >= 4 is 5.97 Å². The normalized spacial score (nSPS) is 12.3. The number of hydrogen-bond donors (Lipinski definition) is 0. The molecule has 0 aromatic rings. The maximum atomic E-state index is 11.9. The first kappa shape index (κ1) is 22.5. The van der Waals surface area contributed by atoms with E-state index >= 15 is 0 Å². The summed E-state index contributed by atoms with van der Waals surface area (Å²) >= 11 is 0. The SMILES string of the molecule is CCCCCCCCCCCOC(=O)C(C)CCCCCCC. The molecule has 0 aromatic carbocycles. The Bertz CT molecular complexity index is 250. The molecule has 138 valence electrons. The number of hydrogen-bond acceptors (Lipinski definition) is 2. The van der Waals surface area contributed by atoms with Crippen molar-refractivity contribution in [1.82, 2.24) is 0 Å². The van der Waals surface area contributed by atoms with Gasteiger partial charge in [-0.3, -0.25) is 4.79 Å². The second-order valence-electron chi connectivity index (χ2n) is 7.10. The standard InChI is InChI=1S/C21H42O2/c1-4-6-8-10-11-12-13-15-17-19-23-21(22)20(3)18-16-14-9-7-5-2/h20H,4-19H2,1-3H3. The highest BCUT2D eigenvalue weighted by Crippen LogP contribution is 2.13. The van der Waals surface area contributed by atoms with Crippen molar-refractivity contribution in [2.75, 3.05) is 6.61 Å². The molecule has 0 aliphatic rings. The minimum Gasteiger partial charge on any atom is -0.465 e. The van der Waals surface area contributed by atoms with E-state index in [9.17, 15) is 4.79 Å². The molecule has 0 N–H and O–H groups in total. The Kier molecular flexibility index (Phi) is 17.4. The third kappa shape index (κ3) is 16.1. The summed E-state index contributed by atoms with van der Waals surface area (Å²) < 4.78 is 5.40. The van der Waals surface area contributed by atoms with Crippen LogP contribution < -0.4 is 0 Å². The summed E-state index contributed by atoms with van der Waals surface area (Å²) in [5.41, 5.74) is 0. The minimum absolute atomic E-state index is 0.0139. The fraction of sp³-hybridized carbons (Fsp3) is 0.952. The molecule has 0 amide bonds. The van der Waals surface area contributed by atoms with E-state index in [1.807, 2.05) is 6.92 Å². The number of ether oxygens (including phenoxy) is 1. The Balaban J connectivity index is 3.31.